The van der Waals surface area contributed by atoms with Gasteiger partial charge in [-0.2, -0.15) is 0 Å². The smallest absolute Gasteiger partial charge is 0.280 e. The molecule has 1 heterocycles. The highest BCUT2D eigenvalue weighted by Gasteiger charge is 2.21. The SMILES string of the molecule is Nc1c(Cl)cc(C(F)F)nc1S(N)(=O)=O. The molecular weight excluding hydrogens is 252 g/mol. The van der Waals surface area contributed by atoms with E-state index < -0.39 is 32.9 Å². The van der Waals surface area contributed by atoms with Gasteiger partial charge >= 0.3 is 0 Å². The van der Waals surface area contributed by atoms with E-state index in [-0.39, 0.29) is 5.02 Å². The molecule has 0 unspecified atom stereocenters. The molecule has 5 nitrogen and oxygen atoms in total. The molecule has 0 saturated carbocycles. The average Bonchev–Trinajstić information content (AvgIpc) is 2.06. The maximum atomic E-state index is 12.2. The Hall–Kier alpha value is -0.990. The summed E-state index contributed by atoms with van der Waals surface area (Å²) in [5.41, 5.74) is 4.00. The summed E-state index contributed by atoms with van der Waals surface area (Å²) < 4.78 is 46.3. The van der Waals surface area contributed by atoms with Crippen LogP contribution >= 0.6 is 11.6 Å². The molecule has 0 radical (unpaired) electrons. The third-order valence-corrected chi connectivity index (χ3v) is 2.65. The van der Waals surface area contributed by atoms with Crippen LogP contribution in [-0.2, 0) is 10.0 Å². The number of hydrogen-bond donors (Lipinski definition) is 2. The van der Waals surface area contributed by atoms with E-state index in [2.05, 4.69) is 4.98 Å². The minimum atomic E-state index is -4.27. The number of aromatic nitrogens is 1. The van der Waals surface area contributed by atoms with Gasteiger partial charge < -0.3 is 5.73 Å². The first-order valence-electron chi connectivity index (χ1n) is 3.50. The largest absolute Gasteiger partial charge is 0.395 e. The summed E-state index contributed by atoms with van der Waals surface area (Å²) in [6.07, 6.45) is -2.96. The van der Waals surface area contributed by atoms with Crippen LogP contribution < -0.4 is 10.9 Å². The van der Waals surface area contributed by atoms with Crippen LogP contribution in [0.5, 0.6) is 0 Å². The normalized spacial score (nSPS) is 12.1. The minimum Gasteiger partial charge on any atom is -0.395 e. The predicted molar refractivity (Wildman–Crippen MR) is 50.0 cm³/mol. The van der Waals surface area contributed by atoms with Crippen molar-refractivity contribution < 1.29 is 17.2 Å². The Morgan fingerprint density at radius 3 is 2.40 bits per heavy atom. The zero-order valence-corrected chi connectivity index (χ0v) is 8.69. The number of hydrogen-bond acceptors (Lipinski definition) is 4. The van der Waals surface area contributed by atoms with Gasteiger partial charge in [-0.05, 0) is 6.07 Å². The lowest BCUT2D eigenvalue weighted by Crippen LogP contribution is -2.17. The van der Waals surface area contributed by atoms with E-state index >= 15 is 0 Å². The van der Waals surface area contributed by atoms with Gasteiger partial charge in [0.1, 0.15) is 5.69 Å². The average molecular weight is 258 g/mol. The second kappa shape index (κ2) is 3.87. The number of sulfonamides is 1. The van der Waals surface area contributed by atoms with E-state index in [0.717, 1.165) is 6.07 Å². The third-order valence-electron chi connectivity index (χ3n) is 1.49. The maximum Gasteiger partial charge on any atom is 0.280 e. The molecule has 0 amide bonds. The zero-order chi connectivity index (χ0) is 11.8. The van der Waals surface area contributed by atoms with Gasteiger partial charge in [0.25, 0.3) is 16.4 Å². The Labute approximate surface area is 89.1 Å². The van der Waals surface area contributed by atoms with Crippen molar-refractivity contribution in [3.8, 4) is 0 Å². The lowest BCUT2D eigenvalue weighted by Gasteiger charge is -2.07. The topological polar surface area (TPSA) is 99.1 Å². The van der Waals surface area contributed by atoms with Gasteiger partial charge in [0.2, 0.25) is 0 Å². The fraction of sp³-hybridized carbons (Fsp3) is 0.167. The molecule has 9 heteroatoms. The van der Waals surface area contributed by atoms with Crippen LogP contribution in [0.15, 0.2) is 11.1 Å². The number of nitrogens with zero attached hydrogens (tertiary/aromatic N) is 1. The maximum absolute atomic E-state index is 12.2. The Kier molecular flexibility index (Phi) is 3.12. The summed E-state index contributed by atoms with van der Waals surface area (Å²) >= 11 is 5.45. The van der Waals surface area contributed by atoms with Crippen LogP contribution in [0.1, 0.15) is 12.1 Å². The first-order valence-corrected chi connectivity index (χ1v) is 5.42. The monoisotopic (exact) mass is 257 g/mol. The summed E-state index contributed by atoms with van der Waals surface area (Å²) in [5, 5.41) is 3.55. The predicted octanol–water partition coefficient (Wildman–Crippen LogP) is 0.902. The molecule has 0 aliphatic heterocycles. The van der Waals surface area contributed by atoms with Crippen molar-refractivity contribution in [1.29, 1.82) is 0 Å². The molecule has 4 N–H and O–H groups in total. The van der Waals surface area contributed by atoms with Crippen molar-refractivity contribution in [2.75, 3.05) is 5.73 Å². The van der Waals surface area contributed by atoms with E-state index in [1.54, 1.807) is 0 Å². The quantitative estimate of drug-likeness (QED) is 0.822. The highest BCUT2D eigenvalue weighted by molar-refractivity contribution is 7.89. The lowest BCUT2D eigenvalue weighted by atomic mass is 10.3. The van der Waals surface area contributed by atoms with Gasteiger partial charge in [0, 0.05) is 0 Å². The second-order valence-corrected chi connectivity index (χ2v) is 4.48. The van der Waals surface area contributed by atoms with E-state index in [1.165, 1.54) is 0 Å². The van der Waals surface area contributed by atoms with E-state index in [0.29, 0.717) is 0 Å². The number of anilines is 1. The molecule has 0 fully saturated rings. The molecule has 84 valence electrons. The Bertz CT molecular complexity index is 491. The van der Waals surface area contributed by atoms with Crippen LogP contribution in [-0.4, -0.2) is 13.4 Å². The van der Waals surface area contributed by atoms with Gasteiger partial charge in [-0.15, -0.1) is 0 Å². The lowest BCUT2D eigenvalue weighted by molar-refractivity contribution is 0.145. The van der Waals surface area contributed by atoms with E-state index in [9.17, 15) is 17.2 Å². The fourth-order valence-corrected chi connectivity index (χ4v) is 1.75. The number of alkyl halides is 2. The van der Waals surface area contributed by atoms with Crippen LogP contribution in [0.2, 0.25) is 5.02 Å². The van der Waals surface area contributed by atoms with Crippen molar-refractivity contribution >= 4 is 27.3 Å². The number of pyridine rings is 1. The van der Waals surface area contributed by atoms with E-state index in [4.69, 9.17) is 22.5 Å². The Morgan fingerprint density at radius 1 is 1.47 bits per heavy atom. The fourth-order valence-electron chi connectivity index (χ4n) is 0.848. The van der Waals surface area contributed by atoms with E-state index in [1.807, 2.05) is 0 Å². The molecule has 15 heavy (non-hydrogen) atoms. The number of halogens is 3. The summed E-state index contributed by atoms with van der Waals surface area (Å²) in [6, 6.07) is 0.788. The van der Waals surface area contributed by atoms with Gasteiger partial charge in [-0.3, -0.25) is 0 Å². The number of primary sulfonamides is 1. The van der Waals surface area contributed by atoms with Gasteiger partial charge in [0.05, 0.1) is 10.7 Å². The molecule has 1 aromatic rings. The third kappa shape index (κ3) is 2.52. The van der Waals surface area contributed by atoms with Gasteiger partial charge in [0.15, 0.2) is 5.03 Å². The highest BCUT2D eigenvalue weighted by Crippen LogP contribution is 2.28. The summed E-state index contributed by atoms with van der Waals surface area (Å²) in [4.78, 5) is 3.13. The van der Waals surface area contributed by atoms with Crippen molar-refractivity contribution in [1.82, 2.24) is 4.98 Å². The molecule has 0 atom stereocenters. The van der Waals surface area contributed by atoms with Gasteiger partial charge in [-0.25, -0.2) is 27.3 Å². The second-order valence-electron chi connectivity index (χ2n) is 2.59. The van der Waals surface area contributed by atoms with Crippen LogP contribution in [0.25, 0.3) is 0 Å². The van der Waals surface area contributed by atoms with Crippen molar-refractivity contribution in [3.05, 3.63) is 16.8 Å². The Morgan fingerprint density at radius 2 is 2.00 bits per heavy atom. The number of rotatable bonds is 2. The number of nitrogens with two attached hydrogens (primary N) is 2. The molecule has 0 bridgehead atoms. The van der Waals surface area contributed by atoms with Crippen LogP contribution in [0, 0.1) is 0 Å². The summed E-state index contributed by atoms with van der Waals surface area (Å²) in [5.74, 6) is 0. The molecule has 0 aliphatic carbocycles. The molecule has 0 aromatic carbocycles. The molecule has 1 aromatic heterocycles. The van der Waals surface area contributed by atoms with Crippen LogP contribution in [0.4, 0.5) is 14.5 Å². The minimum absolute atomic E-state index is 0.329. The molecule has 1 rings (SSSR count). The summed E-state index contributed by atoms with van der Waals surface area (Å²) in [6.45, 7) is 0. The van der Waals surface area contributed by atoms with Crippen LogP contribution in [0.3, 0.4) is 0 Å². The standard InChI is InChI=1S/C6H6ClF2N3O2S/c7-2-1-3(5(8)9)12-6(4(2)10)15(11,13)14/h1,5H,10H2,(H2,11,13,14). The molecular formula is C6H6ClF2N3O2S. The molecule has 0 spiro atoms. The number of nitrogen functional groups attached to an aromatic ring is 1. The summed E-state index contributed by atoms with van der Waals surface area (Å²) in [7, 11) is -4.27. The first kappa shape index (κ1) is 12.1. The first-order chi connectivity index (χ1) is 6.73. The molecule has 0 saturated heterocycles. The van der Waals surface area contributed by atoms with Crippen molar-refractivity contribution in [2.45, 2.75) is 11.5 Å². The zero-order valence-electron chi connectivity index (χ0n) is 7.12. The Balaban J connectivity index is 3.52. The van der Waals surface area contributed by atoms with Crippen molar-refractivity contribution in [2.24, 2.45) is 5.14 Å². The molecule has 0 aliphatic rings. The van der Waals surface area contributed by atoms with Gasteiger partial charge in [-0.1, -0.05) is 11.6 Å². The van der Waals surface area contributed by atoms with Crippen molar-refractivity contribution in [3.63, 3.8) is 0 Å². The highest BCUT2D eigenvalue weighted by atomic mass is 35.5.